The highest BCUT2D eigenvalue weighted by molar-refractivity contribution is 9.10. The average Bonchev–Trinajstić information content (AvgIpc) is 2.91. The molecule has 0 aliphatic heterocycles. The first-order valence-corrected chi connectivity index (χ1v) is 5.34. The summed E-state index contributed by atoms with van der Waals surface area (Å²) in [6.45, 7) is 1.79. The second-order valence-corrected chi connectivity index (χ2v) is 4.50. The molecule has 0 saturated heterocycles. The Labute approximate surface area is 90.4 Å². The number of nitrogens with zero attached hydrogens (tertiary/aromatic N) is 1. The number of hydrogen-bond acceptors (Lipinski definition) is 2. The molecular formula is C10H10BrNO2. The van der Waals surface area contributed by atoms with E-state index < -0.39 is 0 Å². The number of nitro benzene ring substituents is 1. The molecule has 74 valence electrons. The maximum Gasteiger partial charge on any atom is 0.276 e. The molecule has 14 heavy (non-hydrogen) atoms. The van der Waals surface area contributed by atoms with E-state index in [4.69, 9.17) is 0 Å². The molecule has 4 heteroatoms. The van der Waals surface area contributed by atoms with E-state index in [1.54, 1.807) is 6.92 Å². The number of benzene rings is 1. The van der Waals surface area contributed by atoms with Crippen molar-refractivity contribution in [1.82, 2.24) is 0 Å². The molecule has 1 aromatic rings. The molecule has 3 nitrogen and oxygen atoms in total. The second-order valence-electron chi connectivity index (χ2n) is 3.64. The lowest BCUT2D eigenvalue weighted by Crippen LogP contribution is -1.97. The van der Waals surface area contributed by atoms with Crippen molar-refractivity contribution in [2.24, 2.45) is 0 Å². The van der Waals surface area contributed by atoms with Crippen LogP contribution < -0.4 is 0 Å². The van der Waals surface area contributed by atoms with Gasteiger partial charge in [0.05, 0.1) is 4.92 Å². The lowest BCUT2D eigenvalue weighted by molar-refractivity contribution is -0.386. The van der Waals surface area contributed by atoms with Crippen molar-refractivity contribution in [3.05, 3.63) is 37.8 Å². The fourth-order valence-corrected chi connectivity index (χ4v) is 1.98. The first-order valence-electron chi connectivity index (χ1n) is 4.54. The Morgan fingerprint density at radius 2 is 2.14 bits per heavy atom. The maximum atomic E-state index is 10.9. The van der Waals surface area contributed by atoms with Crippen molar-refractivity contribution >= 4 is 21.6 Å². The van der Waals surface area contributed by atoms with Gasteiger partial charge in [-0.2, -0.15) is 0 Å². The first-order chi connectivity index (χ1) is 6.61. The molecule has 0 atom stereocenters. The van der Waals surface area contributed by atoms with E-state index in [1.807, 2.05) is 12.1 Å². The zero-order valence-electron chi connectivity index (χ0n) is 7.79. The molecule has 1 aliphatic rings. The lowest BCUT2D eigenvalue weighted by Gasteiger charge is -2.05. The molecule has 1 aromatic carbocycles. The average molecular weight is 256 g/mol. The largest absolute Gasteiger partial charge is 0.276 e. The molecule has 0 N–H and O–H groups in total. The van der Waals surface area contributed by atoms with Gasteiger partial charge in [-0.05, 0) is 31.7 Å². The Bertz CT molecular complexity index is 399. The van der Waals surface area contributed by atoms with Gasteiger partial charge in [0.1, 0.15) is 0 Å². The summed E-state index contributed by atoms with van der Waals surface area (Å²) < 4.78 is 0.814. The monoisotopic (exact) mass is 255 g/mol. The van der Waals surface area contributed by atoms with Crippen molar-refractivity contribution in [3.8, 4) is 0 Å². The summed E-state index contributed by atoms with van der Waals surface area (Å²) >= 11 is 3.31. The van der Waals surface area contributed by atoms with Crippen LogP contribution in [0.2, 0.25) is 0 Å². The molecule has 0 amide bonds. The fourth-order valence-electron chi connectivity index (χ4n) is 1.66. The van der Waals surface area contributed by atoms with Crippen LogP contribution in [-0.2, 0) is 0 Å². The number of nitro groups is 1. The predicted octanol–water partition coefficient (Wildman–Crippen LogP) is 3.54. The maximum absolute atomic E-state index is 10.9. The molecule has 2 rings (SSSR count). The molecule has 0 bridgehead atoms. The topological polar surface area (TPSA) is 43.1 Å². The van der Waals surface area contributed by atoms with E-state index in [9.17, 15) is 10.1 Å². The standard InChI is InChI=1S/C10H10BrNO2/c1-6-9(11)5-4-8(7-2-3-7)10(6)12(13)14/h4-5,7H,2-3H2,1H3. The van der Waals surface area contributed by atoms with Gasteiger partial charge in [-0.1, -0.05) is 22.0 Å². The summed E-state index contributed by atoms with van der Waals surface area (Å²) in [6.07, 6.45) is 2.17. The fraction of sp³-hybridized carbons (Fsp3) is 0.400. The van der Waals surface area contributed by atoms with Gasteiger partial charge in [0.2, 0.25) is 0 Å². The van der Waals surface area contributed by atoms with Gasteiger partial charge in [-0.3, -0.25) is 10.1 Å². The molecular weight excluding hydrogens is 246 g/mol. The molecule has 0 spiro atoms. The normalized spacial score (nSPS) is 15.6. The van der Waals surface area contributed by atoms with Crippen molar-refractivity contribution in [1.29, 1.82) is 0 Å². The van der Waals surface area contributed by atoms with Crippen molar-refractivity contribution in [2.45, 2.75) is 25.7 Å². The first kappa shape index (κ1) is 9.65. The SMILES string of the molecule is Cc1c(Br)ccc(C2CC2)c1[N+](=O)[O-]. The molecule has 0 unspecified atom stereocenters. The third-order valence-electron chi connectivity index (χ3n) is 2.60. The van der Waals surface area contributed by atoms with E-state index in [2.05, 4.69) is 15.9 Å². The van der Waals surface area contributed by atoms with Crippen LogP contribution in [0.1, 0.15) is 29.9 Å². The zero-order valence-corrected chi connectivity index (χ0v) is 9.37. The smallest absolute Gasteiger partial charge is 0.258 e. The summed E-state index contributed by atoms with van der Waals surface area (Å²) in [5, 5.41) is 10.9. The van der Waals surface area contributed by atoms with Crippen LogP contribution in [0.4, 0.5) is 5.69 Å². The minimum absolute atomic E-state index is 0.270. The van der Waals surface area contributed by atoms with Gasteiger partial charge in [0.25, 0.3) is 5.69 Å². The summed E-state index contributed by atoms with van der Waals surface area (Å²) in [7, 11) is 0. The second kappa shape index (κ2) is 3.35. The summed E-state index contributed by atoms with van der Waals surface area (Å²) in [5.41, 5.74) is 1.93. The zero-order chi connectivity index (χ0) is 10.3. The van der Waals surface area contributed by atoms with E-state index in [1.165, 1.54) is 0 Å². The third kappa shape index (κ3) is 1.54. The number of rotatable bonds is 2. The Balaban J connectivity index is 2.59. The van der Waals surface area contributed by atoms with Crippen LogP contribution in [0.25, 0.3) is 0 Å². The van der Waals surface area contributed by atoms with E-state index in [0.717, 1.165) is 28.4 Å². The van der Waals surface area contributed by atoms with Gasteiger partial charge in [-0.15, -0.1) is 0 Å². The minimum Gasteiger partial charge on any atom is -0.258 e. The highest BCUT2D eigenvalue weighted by Crippen LogP contribution is 2.46. The highest BCUT2D eigenvalue weighted by atomic mass is 79.9. The van der Waals surface area contributed by atoms with Crippen molar-refractivity contribution in [2.75, 3.05) is 0 Å². The summed E-state index contributed by atoms with van der Waals surface area (Å²) in [5.74, 6) is 0.419. The Morgan fingerprint density at radius 3 is 2.64 bits per heavy atom. The molecule has 1 saturated carbocycles. The molecule has 0 radical (unpaired) electrons. The third-order valence-corrected chi connectivity index (χ3v) is 3.45. The molecule has 0 heterocycles. The van der Waals surface area contributed by atoms with Crippen LogP contribution >= 0.6 is 15.9 Å². The van der Waals surface area contributed by atoms with Crippen LogP contribution in [0.5, 0.6) is 0 Å². The van der Waals surface area contributed by atoms with Gasteiger partial charge in [0.15, 0.2) is 0 Å². The predicted molar refractivity (Wildman–Crippen MR) is 57.5 cm³/mol. The van der Waals surface area contributed by atoms with Gasteiger partial charge >= 0.3 is 0 Å². The Hall–Kier alpha value is -0.900. The summed E-state index contributed by atoms with van der Waals surface area (Å²) in [4.78, 5) is 10.6. The van der Waals surface area contributed by atoms with Crippen molar-refractivity contribution in [3.63, 3.8) is 0 Å². The van der Waals surface area contributed by atoms with Gasteiger partial charge in [0, 0.05) is 15.6 Å². The molecule has 1 fully saturated rings. The quantitative estimate of drug-likeness (QED) is 0.599. The van der Waals surface area contributed by atoms with Gasteiger partial charge in [-0.25, -0.2) is 0 Å². The van der Waals surface area contributed by atoms with Crippen LogP contribution in [0.15, 0.2) is 16.6 Å². The van der Waals surface area contributed by atoms with Crippen LogP contribution in [-0.4, -0.2) is 4.92 Å². The molecule has 1 aliphatic carbocycles. The highest BCUT2D eigenvalue weighted by Gasteiger charge is 2.32. The number of hydrogen-bond donors (Lipinski definition) is 0. The summed E-state index contributed by atoms with van der Waals surface area (Å²) in [6, 6.07) is 3.77. The van der Waals surface area contributed by atoms with Crippen LogP contribution in [0, 0.1) is 17.0 Å². The Kier molecular flexibility index (Phi) is 2.31. The number of halogens is 1. The Morgan fingerprint density at radius 1 is 1.50 bits per heavy atom. The van der Waals surface area contributed by atoms with E-state index >= 15 is 0 Å². The van der Waals surface area contributed by atoms with Crippen LogP contribution in [0.3, 0.4) is 0 Å². The van der Waals surface area contributed by atoms with Gasteiger partial charge < -0.3 is 0 Å². The lowest BCUT2D eigenvalue weighted by atomic mass is 10.0. The molecule has 0 aromatic heterocycles. The van der Waals surface area contributed by atoms with Crippen molar-refractivity contribution < 1.29 is 4.92 Å². The minimum atomic E-state index is -0.270. The van der Waals surface area contributed by atoms with E-state index in [-0.39, 0.29) is 4.92 Å². The van der Waals surface area contributed by atoms with E-state index in [0.29, 0.717) is 11.6 Å².